The van der Waals surface area contributed by atoms with Gasteiger partial charge in [0.05, 0.1) is 12.1 Å². The molecule has 194 valence electrons. The summed E-state index contributed by atoms with van der Waals surface area (Å²) in [5.41, 5.74) is 5.10. The van der Waals surface area contributed by atoms with Crippen molar-refractivity contribution in [1.82, 2.24) is 14.8 Å². The van der Waals surface area contributed by atoms with Crippen molar-refractivity contribution in [1.29, 1.82) is 0 Å². The van der Waals surface area contributed by atoms with Crippen molar-refractivity contribution in [3.63, 3.8) is 0 Å². The minimum Gasteiger partial charge on any atom is -0.506 e. The highest BCUT2D eigenvalue weighted by Crippen LogP contribution is 2.30. The number of ketones is 1. The number of carbonyl (C=O) groups is 4. The number of hydrogen-bond acceptors (Lipinski definition) is 7. The number of piperidine rings is 1. The molecule has 2 unspecified atom stereocenters. The Kier molecular flexibility index (Phi) is 9.62. The molecule has 0 bridgehead atoms. The van der Waals surface area contributed by atoms with Crippen molar-refractivity contribution in [3.05, 3.63) is 24.0 Å². The average molecular weight is 491 g/mol. The van der Waals surface area contributed by atoms with E-state index in [1.807, 2.05) is 13.8 Å². The third-order valence-corrected chi connectivity index (χ3v) is 5.99. The van der Waals surface area contributed by atoms with Crippen molar-refractivity contribution in [2.75, 3.05) is 13.1 Å². The second-order valence-electron chi connectivity index (χ2n) is 9.64. The maximum Gasteiger partial charge on any atom is 0.410 e. The maximum absolute atomic E-state index is 13.5. The van der Waals surface area contributed by atoms with Gasteiger partial charge in [-0.05, 0) is 58.6 Å². The lowest BCUT2D eigenvalue weighted by molar-refractivity contribution is -0.142. The molecule has 0 aromatic carbocycles. The fourth-order valence-electron chi connectivity index (χ4n) is 4.38. The summed E-state index contributed by atoms with van der Waals surface area (Å²) in [5, 5.41) is 9.91. The van der Waals surface area contributed by atoms with Crippen LogP contribution < -0.4 is 5.73 Å². The number of Topliss-reactive ketones (excluding diaryl/α,β-unsaturated/α-hetero) is 1. The molecular weight excluding hydrogens is 452 g/mol. The van der Waals surface area contributed by atoms with E-state index in [4.69, 9.17) is 10.5 Å². The number of rotatable bonds is 5. The first-order chi connectivity index (χ1) is 16.5. The van der Waals surface area contributed by atoms with Gasteiger partial charge >= 0.3 is 6.09 Å². The highest BCUT2D eigenvalue weighted by atomic mass is 16.6. The molecule has 2 aliphatic rings. The van der Waals surface area contributed by atoms with Crippen LogP contribution >= 0.6 is 0 Å². The lowest BCUT2D eigenvalue weighted by Crippen LogP contribution is -2.56. The number of pyridine rings is 1. The molecule has 2 fully saturated rings. The number of hydrogen-bond donors (Lipinski definition) is 2. The minimum absolute atomic E-state index is 0.0253. The van der Waals surface area contributed by atoms with Crippen LogP contribution in [0.2, 0.25) is 0 Å². The number of amides is 3. The minimum atomic E-state index is -0.939. The maximum atomic E-state index is 13.5. The number of nitrogens with two attached hydrogens (primary N) is 1. The average Bonchev–Trinajstić information content (AvgIpc) is 3.26. The first-order valence-corrected chi connectivity index (χ1v) is 12.2. The summed E-state index contributed by atoms with van der Waals surface area (Å²) < 4.78 is 5.47. The molecule has 35 heavy (non-hydrogen) atoms. The molecule has 2 aliphatic heterocycles. The summed E-state index contributed by atoms with van der Waals surface area (Å²) >= 11 is 0. The topological polar surface area (TPSA) is 143 Å². The van der Waals surface area contributed by atoms with Gasteiger partial charge in [-0.2, -0.15) is 0 Å². The highest BCUT2D eigenvalue weighted by Gasteiger charge is 2.45. The van der Waals surface area contributed by atoms with Crippen LogP contribution in [0.1, 0.15) is 66.0 Å². The third-order valence-electron chi connectivity index (χ3n) is 5.99. The van der Waals surface area contributed by atoms with Crippen molar-refractivity contribution in [2.24, 2.45) is 11.7 Å². The van der Waals surface area contributed by atoms with Gasteiger partial charge in [0, 0.05) is 25.2 Å². The van der Waals surface area contributed by atoms with Crippen LogP contribution in [0.3, 0.4) is 0 Å². The van der Waals surface area contributed by atoms with Crippen LogP contribution in [0.25, 0.3) is 0 Å². The van der Waals surface area contributed by atoms with Crippen molar-refractivity contribution in [2.45, 2.75) is 84.4 Å². The van der Waals surface area contributed by atoms with Crippen LogP contribution in [-0.4, -0.2) is 74.4 Å². The molecule has 10 nitrogen and oxygen atoms in total. The van der Waals surface area contributed by atoms with Gasteiger partial charge in [-0.3, -0.25) is 24.3 Å². The van der Waals surface area contributed by atoms with Crippen LogP contribution in [0.5, 0.6) is 5.75 Å². The van der Waals surface area contributed by atoms with Crippen LogP contribution in [-0.2, 0) is 25.5 Å². The molecule has 3 N–H and O–H groups in total. The first kappa shape index (κ1) is 28.1. The molecular formula is C25H38N4O6. The van der Waals surface area contributed by atoms with E-state index >= 15 is 0 Å². The molecule has 0 spiro atoms. The van der Waals surface area contributed by atoms with E-state index in [0.29, 0.717) is 13.0 Å². The summed E-state index contributed by atoms with van der Waals surface area (Å²) in [7, 11) is 0. The Labute approximate surface area is 206 Å². The molecule has 3 rings (SSSR count). The summed E-state index contributed by atoms with van der Waals surface area (Å²) in [6.07, 6.45) is 2.84. The number of carbonyl (C=O) groups excluding carboxylic acids is 4. The van der Waals surface area contributed by atoms with Crippen molar-refractivity contribution < 1.29 is 29.0 Å². The standard InChI is InChI=1S/C23H32N4O6.C2H6/c1-23(2,3)33-22(32)26-10-5-4-7-16(26)21(31)27-13-14(11-17(27)20(24)30)19(29)12-15-18(28)8-6-9-25-15;1-2/h6,8-9,14,16-17,28H,4-5,7,10-13H2,1-3H3,(H2,24,30);1-2H3/t14?,16-,17?;/m0./s1. The van der Waals surface area contributed by atoms with E-state index in [0.717, 1.165) is 12.8 Å². The predicted octanol–water partition coefficient (Wildman–Crippen LogP) is 2.42. The zero-order valence-electron chi connectivity index (χ0n) is 21.3. The third kappa shape index (κ3) is 7.16. The number of aromatic hydroxyl groups is 1. The number of nitrogens with zero attached hydrogens (tertiary/aromatic N) is 3. The molecule has 3 heterocycles. The van der Waals surface area contributed by atoms with Gasteiger partial charge in [0.2, 0.25) is 11.8 Å². The highest BCUT2D eigenvalue weighted by molar-refractivity contribution is 5.94. The van der Waals surface area contributed by atoms with Gasteiger partial charge in [0.1, 0.15) is 29.2 Å². The van der Waals surface area contributed by atoms with E-state index < -0.39 is 41.5 Å². The van der Waals surface area contributed by atoms with E-state index in [1.54, 1.807) is 26.8 Å². The van der Waals surface area contributed by atoms with Gasteiger partial charge in [-0.1, -0.05) is 13.8 Å². The number of likely N-dealkylation sites (tertiary alicyclic amines) is 2. The Balaban J connectivity index is 0.00000210. The van der Waals surface area contributed by atoms with Crippen molar-refractivity contribution >= 4 is 23.7 Å². The van der Waals surface area contributed by atoms with Gasteiger partial charge in [-0.15, -0.1) is 0 Å². The molecule has 1 aromatic heterocycles. The molecule has 0 radical (unpaired) electrons. The Hall–Kier alpha value is -3.17. The van der Waals surface area contributed by atoms with Gasteiger partial charge in [0.25, 0.3) is 0 Å². The van der Waals surface area contributed by atoms with Crippen molar-refractivity contribution in [3.8, 4) is 5.75 Å². The fourth-order valence-corrected chi connectivity index (χ4v) is 4.38. The van der Waals surface area contributed by atoms with Gasteiger partial charge in [0.15, 0.2) is 0 Å². The zero-order valence-corrected chi connectivity index (χ0v) is 21.3. The van der Waals surface area contributed by atoms with E-state index in [1.165, 1.54) is 22.1 Å². The van der Waals surface area contributed by atoms with E-state index in [9.17, 15) is 24.3 Å². The second-order valence-corrected chi connectivity index (χ2v) is 9.64. The zero-order chi connectivity index (χ0) is 26.3. The first-order valence-electron chi connectivity index (χ1n) is 12.2. The normalized spacial score (nSPS) is 22.1. The molecule has 0 saturated carbocycles. The summed E-state index contributed by atoms with van der Waals surface area (Å²) in [6.45, 7) is 9.67. The van der Waals surface area contributed by atoms with Gasteiger partial charge < -0.3 is 20.5 Å². The summed E-state index contributed by atoms with van der Waals surface area (Å²) in [5.74, 6) is -2.04. The monoisotopic (exact) mass is 490 g/mol. The Morgan fingerprint density at radius 1 is 1.14 bits per heavy atom. The summed E-state index contributed by atoms with van der Waals surface area (Å²) in [4.78, 5) is 58.0. The van der Waals surface area contributed by atoms with E-state index in [-0.39, 0.29) is 36.6 Å². The lowest BCUT2D eigenvalue weighted by Gasteiger charge is -2.38. The Morgan fingerprint density at radius 2 is 1.83 bits per heavy atom. The van der Waals surface area contributed by atoms with Crippen LogP contribution in [0.4, 0.5) is 4.79 Å². The number of ether oxygens (including phenoxy) is 1. The molecule has 0 aliphatic carbocycles. The molecule has 3 amide bonds. The van der Waals surface area contributed by atoms with Gasteiger partial charge in [-0.25, -0.2) is 4.79 Å². The van der Waals surface area contributed by atoms with E-state index in [2.05, 4.69) is 4.98 Å². The Bertz CT molecular complexity index is 929. The van der Waals surface area contributed by atoms with Crippen LogP contribution in [0, 0.1) is 5.92 Å². The number of aromatic nitrogens is 1. The Morgan fingerprint density at radius 3 is 2.43 bits per heavy atom. The second kappa shape index (κ2) is 12.0. The van der Waals surface area contributed by atoms with Crippen LogP contribution in [0.15, 0.2) is 18.3 Å². The largest absolute Gasteiger partial charge is 0.506 e. The smallest absolute Gasteiger partial charge is 0.410 e. The molecule has 10 heteroatoms. The number of primary amides is 1. The lowest BCUT2D eigenvalue weighted by atomic mass is 9.97. The fraction of sp³-hybridized carbons (Fsp3) is 0.640. The molecule has 2 saturated heterocycles. The molecule has 3 atom stereocenters. The quantitative estimate of drug-likeness (QED) is 0.645. The predicted molar refractivity (Wildman–Crippen MR) is 129 cm³/mol. The molecule has 1 aromatic rings. The SMILES string of the molecule is CC.CC(C)(C)OC(=O)N1CCCC[C@H]1C(=O)N1CC(C(=O)Cc2ncccc2O)CC1C(N)=O. The summed E-state index contributed by atoms with van der Waals surface area (Å²) in [6, 6.07) is 1.29.